The van der Waals surface area contributed by atoms with Crippen LogP contribution in [0.5, 0.6) is 0 Å². The Kier molecular flexibility index (Phi) is 5.96. The molecule has 0 N–H and O–H groups in total. The van der Waals surface area contributed by atoms with E-state index in [0.717, 1.165) is 0 Å². The minimum absolute atomic E-state index is 0.159. The van der Waals surface area contributed by atoms with Gasteiger partial charge in [0.2, 0.25) is 0 Å². The van der Waals surface area contributed by atoms with Gasteiger partial charge in [-0.1, -0.05) is 0 Å². The van der Waals surface area contributed by atoms with Gasteiger partial charge in [0, 0.05) is 0 Å². The van der Waals surface area contributed by atoms with Crippen molar-refractivity contribution in [3.05, 3.63) is 91.0 Å². The molecular formula is C26H31O2P. The monoisotopic (exact) mass is 406 g/mol. The number of ether oxygens (including phenoxy) is 1. The van der Waals surface area contributed by atoms with Crippen LogP contribution in [0.25, 0.3) is 0 Å². The van der Waals surface area contributed by atoms with E-state index < -0.39 is 18.0 Å². The van der Waals surface area contributed by atoms with Gasteiger partial charge in [0.05, 0.1) is 0 Å². The molecule has 0 fully saturated rings. The van der Waals surface area contributed by atoms with Gasteiger partial charge in [0.1, 0.15) is 0 Å². The van der Waals surface area contributed by atoms with Crippen molar-refractivity contribution in [2.24, 2.45) is 0 Å². The third-order valence-corrected chi connectivity index (χ3v) is 11.1. The molecule has 0 bridgehead atoms. The van der Waals surface area contributed by atoms with Crippen molar-refractivity contribution in [2.75, 3.05) is 0 Å². The SMILES string of the molecule is CC(C)(C)OC(=O)C(C)(C)[PH](c1ccccc1)(c1ccccc1)c1ccccc1. The molecule has 0 aliphatic heterocycles. The number of carbonyl (C=O) groups excluding carboxylic acids is 1. The van der Waals surface area contributed by atoms with Gasteiger partial charge in [0.15, 0.2) is 0 Å². The summed E-state index contributed by atoms with van der Waals surface area (Å²) in [5.41, 5.74) is -0.543. The maximum absolute atomic E-state index is 13.7. The quantitative estimate of drug-likeness (QED) is 0.448. The first-order valence-corrected chi connectivity index (χ1v) is 12.1. The molecule has 3 aromatic carbocycles. The van der Waals surface area contributed by atoms with E-state index in [4.69, 9.17) is 4.74 Å². The number of carbonyl (C=O) groups is 1. The Balaban J connectivity index is 2.38. The molecule has 3 heteroatoms. The van der Waals surface area contributed by atoms with Crippen LogP contribution in [0.15, 0.2) is 91.0 Å². The second-order valence-corrected chi connectivity index (χ2v) is 13.5. The van der Waals surface area contributed by atoms with Gasteiger partial charge in [-0.15, -0.1) is 0 Å². The third-order valence-electron chi connectivity index (χ3n) is 5.47. The van der Waals surface area contributed by atoms with E-state index in [1.807, 2.05) is 39.0 Å². The molecule has 0 saturated carbocycles. The van der Waals surface area contributed by atoms with Crippen LogP contribution in [-0.4, -0.2) is 16.7 Å². The molecule has 0 aliphatic carbocycles. The summed E-state index contributed by atoms with van der Waals surface area (Å²) in [5, 5.41) is 2.87. The molecule has 3 aromatic rings. The van der Waals surface area contributed by atoms with Crippen LogP contribution in [0.4, 0.5) is 0 Å². The fourth-order valence-electron chi connectivity index (χ4n) is 4.21. The molecule has 0 atom stereocenters. The first-order chi connectivity index (χ1) is 13.7. The predicted octanol–water partition coefficient (Wildman–Crippen LogP) is 4.83. The van der Waals surface area contributed by atoms with Gasteiger partial charge in [-0.3, -0.25) is 0 Å². The Labute approximate surface area is 175 Å². The van der Waals surface area contributed by atoms with Crippen LogP contribution in [0.2, 0.25) is 0 Å². The Morgan fingerprint density at radius 3 is 1.21 bits per heavy atom. The van der Waals surface area contributed by atoms with Crippen molar-refractivity contribution >= 4 is 29.1 Å². The van der Waals surface area contributed by atoms with Gasteiger partial charge in [-0.05, 0) is 0 Å². The van der Waals surface area contributed by atoms with Gasteiger partial charge < -0.3 is 0 Å². The van der Waals surface area contributed by atoms with Crippen molar-refractivity contribution in [3.8, 4) is 0 Å². The molecule has 0 heterocycles. The van der Waals surface area contributed by atoms with E-state index >= 15 is 0 Å². The summed E-state index contributed by atoms with van der Waals surface area (Å²) in [6.07, 6.45) is 0. The fourth-order valence-corrected chi connectivity index (χ4v) is 9.81. The number of esters is 1. The van der Waals surface area contributed by atoms with Crippen molar-refractivity contribution in [1.82, 2.24) is 0 Å². The van der Waals surface area contributed by atoms with Crippen LogP contribution in [0.1, 0.15) is 34.6 Å². The average molecular weight is 407 g/mol. The van der Waals surface area contributed by atoms with E-state index in [9.17, 15) is 4.79 Å². The van der Waals surface area contributed by atoms with E-state index in [0.29, 0.717) is 0 Å². The summed E-state index contributed by atoms with van der Waals surface area (Å²) in [4.78, 5) is 13.7. The summed E-state index contributed by atoms with van der Waals surface area (Å²) < 4.78 is 5.97. The van der Waals surface area contributed by atoms with E-state index in [1.54, 1.807) is 0 Å². The Hall–Kier alpha value is -2.44. The van der Waals surface area contributed by atoms with Crippen molar-refractivity contribution in [2.45, 2.75) is 45.4 Å². The zero-order valence-corrected chi connectivity index (χ0v) is 19.0. The van der Waals surface area contributed by atoms with Gasteiger partial charge in [-0.25, -0.2) is 0 Å². The standard InChI is InChI=1S/C26H31O2P/c1-25(2,3)28-24(27)26(4,5)29(21-15-9-6-10-16-21,22-17-11-7-12-18-22)23-19-13-8-14-20-23/h6-20,29H,1-5H3. The van der Waals surface area contributed by atoms with Crippen LogP contribution in [-0.2, 0) is 9.53 Å². The van der Waals surface area contributed by atoms with Crippen LogP contribution in [0, 0.1) is 0 Å². The predicted molar refractivity (Wildman–Crippen MR) is 126 cm³/mol. The first-order valence-electron chi connectivity index (χ1n) is 10.1. The van der Waals surface area contributed by atoms with E-state index in [-0.39, 0.29) is 5.97 Å². The van der Waals surface area contributed by atoms with Crippen molar-refractivity contribution in [1.29, 1.82) is 0 Å². The Morgan fingerprint density at radius 1 is 0.621 bits per heavy atom. The molecule has 0 aromatic heterocycles. The van der Waals surface area contributed by atoms with Gasteiger partial charge in [0.25, 0.3) is 0 Å². The summed E-state index contributed by atoms with van der Waals surface area (Å²) in [7, 11) is -2.79. The second kappa shape index (κ2) is 8.13. The fraction of sp³-hybridized carbons (Fsp3) is 0.269. The molecule has 2 nitrogen and oxygen atoms in total. The summed E-state index contributed by atoms with van der Waals surface area (Å²) in [5.74, 6) is -0.159. The number of hydrogen-bond acceptors (Lipinski definition) is 2. The Morgan fingerprint density at radius 2 is 0.931 bits per heavy atom. The number of hydrogen-bond donors (Lipinski definition) is 0. The minimum atomic E-state index is -2.79. The number of benzene rings is 3. The normalized spacial score (nSPS) is 13.0. The molecule has 0 radical (unpaired) electrons. The zero-order chi connectivity index (χ0) is 21.1. The van der Waals surface area contributed by atoms with Crippen molar-refractivity contribution in [3.63, 3.8) is 0 Å². The van der Waals surface area contributed by atoms with Crippen LogP contribution >= 0.6 is 7.26 Å². The van der Waals surface area contributed by atoms with Gasteiger partial charge >= 0.3 is 175 Å². The summed E-state index contributed by atoms with van der Waals surface area (Å²) in [6, 6.07) is 31.5. The molecular weight excluding hydrogens is 375 g/mol. The summed E-state index contributed by atoms with van der Waals surface area (Å²) in [6.45, 7) is 9.90. The number of rotatable bonds is 5. The molecule has 29 heavy (non-hydrogen) atoms. The topological polar surface area (TPSA) is 26.3 Å². The molecule has 0 spiro atoms. The molecule has 0 aliphatic rings. The Bertz CT molecular complexity index is 846. The van der Waals surface area contributed by atoms with Crippen LogP contribution in [0.3, 0.4) is 0 Å². The van der Waals surface area contributed by atoms with Crippen molar-refractivity contribution < 1.29 is 9.53 Å². The van der Waals surface area contributed by atoms with Gasteiger partial charge in [-0.2, -0.15) is 0 Å². The maximum atomic E-state index is 13.7. The van der Waals surface area contributed by atoms with E-state index in [1.165, 1.54) is 15.9 Å². The zero-order valence-electron chi connectivity index (χ0n) is 18.0. The van der Waals surface area contributed by atoms with E-state index in [2.05, 4.69) is 86.6 Å². The molecule has 0 saturated heterocycles. The third kappa shape index (κ3) is 4.00. The molecule has 152 valence electrons. The summed E-state index contributed by atoms with van der Waals surface area (Å²) >= 11 is 0. The second-order valence-electron chi connectivity index (χ2n) is 8.97. The molecule has 0 unspecified atom stereocenters. The average Bonchev–Trinajstić information content (AvgIpc) is 2.69. The van der Waals surface area contributed by atoms with Crippen LogP contribution < -0.4 is 15.9 Å². The molecule has 0 amide bonds. The molecule has 3 rings (SSSR count). The first kappa shape index (κ1) is 21.3.